The van der Waals surface area contributed by atoms with Gasteiger partial charge in [-0.25, -0.2) is 0 Å². The Morgan fingerprint density at radius 1 is 1.00 bits per heavy atom. The van der Waals surface area contributed by atoms with E-state index in [1.807, 2.05) is 13.8 Å². The van der Waals surface area contributed by atoms with E-state index in [9.17, 15) is 14.5 Å². The SMILES string of the molecule is C=C(Cl)/C=C\C(=C)Nc1cc(C(=O)Nc2ccc(C(=O)N(CC)CC)cc2)ccc1N=O. The highest BCUT2D eigenvalue weighted by Crippen LogP contribution is 2.28. The molecule has 0 saturated heterocycles. The minimum atomic E-state index is -0.386. The van der Waals surface area contributed by atoms with Crippen molar-refractivity contribution in [3.05, 3.63) is 94.5 Å². The van der Waals surface area contributed by atoms with Crippen molar-refractivity contribution in [2.45, 2.75) is 13.8 Å². The molecule has 2 aromatic rings. The number of amides is 2. The molecule has 0 saturated carbocycles. The lowest BCUT2D eigenvalue weighted by Gasteiger charge is -2.18. The van der Waals surface area contributed by atoms with Gasteiger partial charge < -0.3 is 15.5 Å². The van der Waals surface area contributed by atoms with Gasteiger partial charge in [-0.05, 0) is 73.6 Å². The van der Waals surface area contributed by atoms with Gasteiger partial charge in [0.2, 0.25) is 0 Å². The molecule has 7 nitrogen and oxygen atoms in total. The Hall–Kier alpha value is -3.71. The van der Waals surface area contributed by atoms with Crippen molar-refractivity contribution in [2.24, 2.45) is 5.18 Å². The van der Waals surface area contributed by atoms with Crippen LogP contribution in [0, 0.1) is 4.91 Å². The fourth-order valence-corrected chi connectivity index (χ4v) is 2.92. The van der Waals surface area contributed by atoms with Gasteiger partial charge in [0.15, 0.2) is 0 Å². The first-order valence-corrected chi connectivity index (χ1v) is 10.3. The number of nitroso groups, excluding NO2 is 1. The second-order valence-electron chi connectivity index (χ2n) is 6.76. The minimum Gasteiger partial charge on any atom is -0.354 e. The molecule has 0 bridgehead atoms. The summed E-state index contributed by atoms with van der Waals surface area (Å²) in [5, 5.41) is 8.98. The maximum absolute atomic E-state index is 12.7. The molecular weight excluding hydrogens is 428 g/mol. The quantitative estimate of drug-likeness (QED) is 0.339. The first-order chi connectivity index (χ1) is 15.3. The summed E-state index contributed by atoms with van der Waals surface area (Å²) >= 11 is 5.69. The summed E-state index contributed by atoms with van der Waals surface area (Å²) < 4.78 is 0. The molecule has 32 heavy (non-hydrogen) atoms. The third kappa shape index (κ3) is 6.65. The van der Waals surface area contributed by atoms with E-state index >= 15 is 0 Å². The Balaban J connectivity index is 2.16. The van der Waals surface area contributed by atoms with Gasteiger partial charge in [0.25, 0.3) is 11.8 Å². The third-order valence-corrected chi connectivity index (χ3v) is 4.68. The molecule has 0 aromatic heterocycles. The Morgan fingerprint density at radius 2 is 1.62 bits per heavy atom. The highest BCUT2D eigenvalue weighted by Gasteiger charge is 2.14. The predicted molar refractivity (Wildman–Crippen MR) is 130 cm³/mol. The summed E-state index contributed by atoms with van der Waals surface area (Å²) in [5.74, 6) is -0.448. The predicted octanol–water partition coefficient (Wildman–Crippen LogP) is 6.05. The standard InChI is InChI=1S/C24H25ClN4O3/c1-5-29(6-2)24(31)18-9-12-20(13-10-18)27-23(30)19-11-14-21(28-32)22(15-19)26-17(4)8-7-16(3)25/h7-15,26H,3-6H2,1-2H3,(H,27,30)/b8-7-. The van der Waals surface area contributed by atoms with Crippen molar-refractivity contribution >= 4 is 40.5 Å². The molecule has 0 spiro atoms. The fourth-order valence-electron chi connectivity index (χ4n) is 2.86. The number of hydrogen-bond acceptors (Lipinski definition) is 5. The molecule has 0 unspecified atom stereocenters. The van der Waals surface area contributed by atoms with Crippen LogP contribution in [-0.4, -0.2) is 29.8 Å². The molecule has 2 aromatic carbocycles. The van der Waals surface area contributed by atoms with Crippen LogP contribution in [0.4, 0.5) is 17.1 Å². The largest absolute Gasteiger partial charge is 0.354 e. The van der Waals surface area contributed by atoms with Gasteiger partial charge >= 0.3 is 0 Å². The van der Waals surface area contributed by atoms with Crippen molar-refractivity contribution in [1.82, 2.24) is 4.90 Å². The fraction of sp³-hybridized carbons (Fsp3) is 0.167. The third-order valence-electron chi connectivity index (χ3n) is 4.56. The zero-order valence-electron chi connectivity index (χ0n) is 18.0. The van der Waals surface area contributed by atoms with Crippen LogP contribution in [0.25, 0.3) is 0 Å². The van der Waals surface area contributed by atoms with E-state index in [1.54, 1.807) is 35.2 Å². The van der Waals surface area contributed by atoms with Crippen LogP contribution in [0.15, 0.2) is 83.7 Å². The van der Waals surface area contributed by atoms with E-state index < -0.39 is 0 Å². The number of carbonyl (C=O) groups excluding carboxylic acids is 2. The van der Waals surface area contributed by atoms with E-state index in [0.29, 0.717) is 46.3 Å². The molecule has 0 aliphatic rings. The summed E-state index contributed by atoms with van der Waals surface area (Å²) in [4.78, 5) is 37.9. The van der Waals surface area contributed by atoms with Crippen molar-refractivity contribution < 1.29 is 9.59 Å². The number of nitrogens with zero attached hydrogens (tertiary/aromatic N) is 2. The van der Waals surface area contributed by atoms with Crippen LogP contribution < -0.4 is 10.6 Å². The van der Waals surface area contributed by atoms with Crippen molar-refractivity contribution in [3.63, 3.8) is 0 Å². The van der Waals surface area contributed by atoms with Crippen LogP contribution >= 0.6 is 11.6 Å². The normalized spacial score (nSPS) is 10.5. The topological polar surface area (TPSA) is 90.9 Å². The van der Waals surface area contributed by atoms with Crippen LogP contribution in [0.5, 0.6) is 0 Å². The van der Waals surface area contributed by atoms with Crippen LogP contribution in [0.3, 0.4) is 0 Å². The molecule has 2 N–H and O–H groups in total. The van der Waals surface area contributed by atoms with Crippen molar-refractivity contribution in [1.29, 1.82) is 0 Å². The zero-order chi connectivity index (χ0) is 23.7. The first kappa shape index (κ1) is 24.6. The lowest BCUT2D eigenvalue weighted by Crippen LogP contribution is -2.30. The molecule has 166 valence electrons. The zero-order valence-corrected chi connectivity index (χ0v) is 18.8. The molecule has 8 heteroatoms. The summed E-state index contributed by atoms with van der Waals surface area (Å²) in [6.45, 7) is 12.4. The first-order valence-electron chi connectivity index (χ1n) is 9.95. The number of anilines is 2. The summed E-state index contributed by atoms with van der Waals surface area (Å²) in [6, 6.07) is 11.1. The minimum absolute atomic E-state index is 0.0624. The Kier molecular flexibility index (Phi) is 8.92. The van der Waals surface area contributed by atoms with E-state index in [1.165, 1.54) is 24.3 Å². The van der Waals surface area contributed by atoms with Gasteiger partial charge in [-0.1, -0.05) is 24.8 Å². The lowest BCUT2D eigenvalue weighted by molar-refractivity contribution is 0.0773. The number of rotatable bonds is 10. The summed E-state index contributed by atoms with van der Waals surface area (Å²) in [6.07, 6.45) is 3.12. The maximum atomic E-state index is 12.7. The highest BCUT2D eigenvalue weighted by molar-refractivity contribution is 6.30. The Labute approximate surface area is 192 Å². The van der Waals surface area contributed by atoms with Gasteiger partial charge in [0.05, 0.1) is 5.69 Å². The van der Waals surface area contributed by atoms with Crippen LogP contribution in [-0.2, 0) is 0 Å². The van der Waals surface area contributed by atoms with Gasteiger partial charge in [-0.2, -0.15) is 0 Å². The molecule has 0 atom stereocenters. The smallest absolute Gasteiger partial charge is 0.255 e. The van der Waals surface area contributed by atoms with Crippen LogP contribution in [0.2, 0.25) is 0 Å². The second-order valence-corrected chi connectivity index (χ2v) is 7.25. The monoisotopic (exact) mass is 452 g/mol. The van der Waals surface area contributed by atoms with Gasteiger partial charge in [0.1, 0.15) is 5.69 Å². The molecule has 2 rings (SSSR count). The summed E-state index contributed by atoms with van der Waals surface area (Å²) in [5.41, 5.74) is 2.27. The van der Waals surface area contributed by atoms with Gasteiger partial charge in [0, 0.05) is 40.6 Å². The van der Waals surface area contributed by atoms with Crippen molar-refractivity contribution in [3.8, 4) is 0 Å². The number of carbonyl (C=O) groups is 2. The number of hydrogen-bond donors (Lipinski definition) is 2. The van der Waals surface area contributed by atoms with E-state index in [-0.39, 0.29) is 17.5 Å². The number of halogens is 1. The maximum Gasteiger partial charge on any atom is 0.255 e. The number of allylic oxidation sites excluding steroid dienone is 3. The van der Waals surface area contributed by atoms with Gasteiger partial charge in [-0.15, -0.1) is 4.91 Å². The number of benzene rings is 2. The van der Waals surface area contributed by atoms with E-state index in [2.05, 4.69) is 29.0 Å². The lowest BCUT2D eigenvalue weighted by atomic mass is 10.1. The molecule has 0 aliphatic carbocycles. The molecular formula is C24H25ClN4O3. The molecule has 0 aliphatic heterocycles. The van der Waals surface area contributed by atoms with Crippen LogP contribution in [0.1, 0.15) is 34.6 Å². The van der Waals surface area contributed by atoms with Gasteiger partial charge in [-0.3, -0.25) is 9.59 Å². The van der Waals surface area contributed by atoms with E-state index in [0.717, 1.165) is 0 Å². The second kappa shape index (κ2) is 11.6. The molecule has 0 radical (unpaired) electrons. The average molecular weight is 453 g/mol. The highest BCUT2D eigenvalue weighted by atomic mass is 35.5. The van der Waals surface area contributed by atoms with E-state index in [4.69, 9.17) is 11.6 Å². The molecule has 0 fully saturated rings. The number of nitrogens with one attached hydrogen (secondary N) is 2. The average Bonchev–Trinajstić information content (AvgIpc) is 2.78. The molecule has 0 heterocycles. The molecule has 2 amide bonds. The Bertz CT molecular complexity index is 1060. The van der Waals surface area contributed by atoms with Crippen molar-refractivity contribution in [2.75, 3.05) is 23.7 Å². The summed E-state index contributed by atoms with van der Waals surface area (Å²) in [7, 11) is 0. The Morgan fingerprint density at radius 3 is 2.19 bits per heavy atom.